The molecule has 43 heavy (non-hydrogen) atoms. The van der Waals surface area contributed by atoms with Crippen molar-refractivity contribution in [3.63, 3.8) is 0 Å². The fraction of sp³-hybridized carbons (Fsp3) is 0.370. The molecule has 0 fully saturated rings. The number of halogens is 3. The molecule has 0 aliphatic carbocycles. The number of nitrogens with one attached hydrogen (secondary N) is 2. The Kier molecular flexibility index (Phi) is 8.27. The van der Waals surface area contributed by atoms with Crippen LogP contribution >= 0.6 is 0 Å². The lowest BCUT2D eigenvalue weighted by Gasteiger charge is -2.16. The van der Waals surface area contributed by atoms with Crippen LogP contribution < -0.4 is 20.1 Å². The van der Waals surface area contributed by atoms with Crippen LogP contribution in [0.5, 0.6) is 11.5 Å². The molecule has 13 nitrogen and oxygen atoms in total. The van der Waals surface area contributed by atoms with Gasteiger partial charge in [-0.1, -0.05) is 16.5 Å². The van der Waals surface area contributed by atoms with Crippen molar-refractivity contribution in [3.05, 3.63) is 77.1 Å². The topological polar surface area (TPSA) is 151 Å². The number of alkyl halides is 3. The molecule has 226 valence electrons. The average molecular weight is 600 g/mol. The second kappa shape index (κ2) is 12.1. The molecule has 0 bridgehead atoms. The highest BCUT2D eigenvalue weighted by Gasteiger charge is 2.32. The molecule has 1 aliphatic rings. The molecule has 4 heterocycles. The number of carbonyl (C=O) groups is 2. The van der Waals surface area contributed by atoms with Crippen LogP contribution in [0, 0.1) is 0 Å². The van der Waals surface area contributed by atoms with E-state index in [1.807, 2.05) is 26.0 Å². The molecule has 0 saturated carbocycles. The van der Waals surface area contributed by atoms with Gasteiger partial charge in [0.15, 0.2) is 22.9 Å². The van der Waals surface area contributed by atoms with E-state index in [0.29, 0.717) is 37.4 Å². The van der Waals surface area contributed by atoms with E-state index < -0.39 is 23.4 Å². The summed E-state index contributed by atoms with van der Waals surface area (Å²) in [5.74, 6) is -0.387. The van der Waals surface area contributed by atoms with Crippen molar-refractivity contribution in [2.75, 3.05) is 0 Å². The van der Waals surface area contributed by atoms with Crippen LogP contribution in [0.1, 0.15) is 64.5 Å². The number of benzene rings is 1. The largest absolute Gasteiger partial charge is 0.449 e. The lowest BCUT2D eigenvalue weighted by atomic mass is 10.2. The highest BCUT2D eigenvalue weighted by molar-refractivity contribution is 5.92. The Bertz CT molecular complexity index is 1620. The number of carbonyl (C=O) groups excluding carboxylic acids is 2. The van der Waals surface area contributed by atoms with Gasteiger partial charge in [-0.3, -0.25) is 23.9 Å². The molecular formula is C27H28F3N9O4. The van der Waals surface area contributed by atoms with Crippen LogP contribution in [0.2, 0.25) is 0 Å². The standard InChI is InChI=1S/C27H28F3N9O4/c1-26(2)42-22-6-5-17(11-23(22)43-26)13-32-24(40)20-15-38(36-34-20)9-3-4-10-39-16-21(35-37-39)25(41)33-14-19-12-18(7-8-31-19)27(28,29)30/h5-8,11-12,15-16H,3-4,9-10,13-14H2,1-2H3,(H,32,40)(H,33,41). The van der Waals surface area contributed by atoms with Crippen molar-refractivity contribution in [1.82, 2.24) is 45.6 Å². The molecule has 0 saturated heterocycles. The highest BCUT2D eigenvalue weighted by atomic mass is 19.4. The van der Waals surface area contributed by atoms with E-state index in [-0.39, 0.29) is 36.1 Å². The second-order valence-electron chi connectivity index (χ2n) is 10.2. The van der Waals surface area contributed by atoms with Gasteiger partial charge in [-0.05, 0) is 42.7 Å². The Balaban J connectivity index is 1.02. The van der Waals surface area contributed by atoms with Gasteiger partial charge in [0.2, 0.25) is 5.79 Å². The first-order chi connectivity index (χ1) is 20.4. The average Bonchev–Trinajstić information content (AvgIpc) is 3.70. The van der Waals surface area contributed by atoms with Gasteiger partial charge >= 0.3 is 6.18 Å². The molecule has 4 aromatic rings. The number of amides is 2. The second-order valence-corrected chi connectivity index (χ2v) is 10.2. The van der Waals surface area contributed by atoms with Crippen molar-refractivity contribution in [3.8, 4) is 11.5 Å². The quantitative estimate of drug-likeness (QED) is 0.248. The number of hydrogen-bond acceptors (Lipinski definition) is 9. The van der Waals surface area contributed by atoms with Gasteiger partial charge in [0, 0.05) is 39.7 Å². The van der Waals surface area contributed by atoms with Gasteiger partial charge in [-0.25, -0.2) is 0 Å². The Labute approximate surface area is 243 Å². The summed E-state index contributed by atoms with van der Waals surface area (Å²) < 4.78 is 53.0. The molecule has 0 spiro atoms. The van der Waals surface area contributed by atoms with E-state index in [9.17, 15) is 22.8 Å². The Hall–Kier alpha value is -5.02. The number of aryl methyl sites for hydroxylation is 2. The summed E-state index contributed by atoms with van der Waals surface area (Å²) >= 11 is 0. The van der Waals surface area contributed by atoms with Gasteiger partial charge < -0.3 is 20.1 Å². The number of unbranched alkanes of at least 4 members (excludes halogenated alkanes) is 1. The zero-order chi connectivity index (χ0) is 30.6. The molecule has 1 aliphatic heterocycles. The number of nitrogens with zero attached hydrogens (tertiary/aromatic N) is 7. The summed E-state index contributed by atoms with van der Waals surface area (Å²) in [5.41, 5.74) is 0.295. The van der Waals surface area contributed by atoms with Gasteiger partial charge in [0.05, 0.1) is 30.2 Å². The summed E-state index contributed by atoms with van der Waals surface area (Å²) in [4.78, 5) is 28.7. The van der Waals surface area contributed by atoms with Crippen LogP contribution in [0.4, 0.5) is 13.2 Å². The lowest BCUT2D eigenvalue weighted by molar-refractivity contribution is -0.137. The predicted octanol–water partition coefficient (Wildman–Crippen LogP) is 3.13. The predicted molar refractivity (Wildman–Crippen MR) is 143 cm³/mol. The molecule has 0 atom stereocenters. The van der Waals surface area contributed by atoms with Gasteiger partial charge in [0.25, 0.3) is 11.8 Å². The monoisotopic (exact) mass is 599 g/mol. The third-order valence-electron chi connectivity index (χ3n) is 6.31. The van der Waals surface area contributed by atoms with Crippen LogP contribution in [-0.2, 0) is 32.4 Å². The fourth-order valence-corrected chi connectivity index (χ4v) is 4.23. The van der Waals surface area contributed by atoms with Crippen molar-refractivity contribution < 1.29 is 32.2 Å². The summed E-state index contributed by atoms with van der Waals surface area (Å²) in [5, 5.41) is 21.0. The van der Waals surface area contributed by atoms with Crippen molar-refractivity contribution >= 4 is 11.8 Å². The number of aromatic nitrogens is 7. The Morgan fingerprint density at radius 3 is 2.09 bits per heavy atom. The first-order valence-corrected chi connectivity index (χ1v) is 13.3. The number of rotatable bonds is 11. The minimum Gasteiger partial charge on any atom is -0.449 e. The van der Waals surface area contributed by atoms with E-state index in [4.69, 9.17) is 9.47 Å². The summed E-state index contributed by atoms with van der Waals surface area (Å²) in [6.07, 6.45) is 0.909. The van der Waals surface area contributed by atoms with Crippen molar-refractivity contribution in [2.45, 2.75) is 64.8 Å². The minimum atomic E-state index is -4.50. The third kappa shape index (κ3) is 7.64. The van der Waals surface area contributed by atoms with Crippen molar-refractivity contribution in [1.29, 1.82) is 0 Å². The molecule has 3 aromatic heterocycles. The maximum atomic E-state index is 12.9. The van der Waals surface area contributed by atoms with Crippen LogP contribution in [0.25, 0.3) is 0 Å². The molecule has 16 heteroatoms. The highest BCUT2D eigenvalue weighted by Crippen LogP contribution is 2.39. The van der Waals surface area contributed by atoms with E-state index in [0.717, 1.165) is 23.9 Å². The van der Waals surface area contributed by atoms with E-state index in [2.05, 4.69) is 36.2 Å². The smallest absolute Gasteiger partial charge is 0.416 e. The third-order valence-corrected chi connectivity index (χ3v) is 6.31. The van der Waals surface area contributed by atoms with Gasteiger partial charge in [-0.15, -0.1) is 10.2 Å². The molecule has 2 N–H and O–H groups in total. The van der Waals surface area contributed by atoms with Crippen LogP contribution in [0.3, 0.4) is 0 Å². The van der Waals surface area contributed by atoms with Crippen LogP contribution in [0.15, 0.2) is 48.9 Å². The van der Waals surface area contributed by atoms with Crippen molar-refractivity contribution in [2.24, 2.45) is 0 Å². The molecule has 0 radical (unpaired) electrons. The molecule has 5 rings (SSSR count). The molecule has 2 amide bonds. The maximum Gasteiger partial charge on any atom is 0.416 e. The Morgan fingerprint density at radius 1 is 0.860 bits per heavy atom. The normalized spacial score (nSPS) is 13.6. The van der Waals surface area contributed by atoms with Crippen LogP contribution in [-0.4, -0.2) is 52.6 Å². The molecule has 1 aromatic carbocycles. The molecule has 0 unspecified atom stereocenters. The number of hydrogen-bond donors (Lipinski definition) is 2. The number of fused-ring (bicyclic) bond motifs is 1. The first-order valence-electron chi connectivity index (χ1n) is 13.3. The van der Waals surface area contributed by atoms with Gasteiger partial charge in [-0.2, -0.15) is 13.2 Å². The number of ether oxygens (including phenoxy) is 2. The first kappa shape index (κ1) is 29.5. The fourth-order valence-electron chi connectivity index (χ4n) is 4.23. The van der Waals surface area contributed by atoms with Gasteiger partial charge in [0.1, 0.15) is 0 Å². The summed E-state index contributed by atoms with van der Waals surface area (Å²) in [7, 11) is 0. The van der Waals surface area contributed by atoms with E-state index >= 15 is 0 Å². The maximum absolute atomic E-state index is 12.9. The summed E-state index contributed by atoms with van der Waals surface area (Å²) in [6.45, 7) is 4.70. The zero-order valence-corrected chi connectivity index (χ0v) is 23.3. The zero-order valence-electron chi connectivity index (χ0n) is 23.3. The van der Waals surface area contributed by atoms with E-state index in [1.54, 1.807) is 16.9 Å². The summed E-state index contributed by atoms with van der Waals surface area (Å²) in [6, 6.07) is 7.22. The lowest BCUT2D eigenvalue weighted by Crippen LogP contribution is -2.29. The van der Waals surface area contributed by atoms with E-state index in [1.165, 1.54) is 10.9 Å². The number of pyridine rings is 1. The SMILES string of the molecule is CC1(C)Oc2ccc(CNC(=O)c3cn(CCCCn4cc(C(=O)NCc5cc(C(F)(F)F)ccn5)nn4)nn3)cc2O1. The molecular weight excluding hydrogens is 571 g/mol. The minimum absolute atomic E-state index is 0.0310. The Morgan fingerprint density at radius 2 is 1.47 bits per heavy atom.